The summed E-state index contributed by atoms with van der Waals surface area (Å²) in [5.41, 5.74) is 2.07. The van der Waals surface area contributed by atoms with Gasteiger partial charge < -0.3 is 20.5 Å². The summed E-state index contributed by atoms with van der Waals surface area (Å²) >= 11 is 1.52. The standard InChI is InChI=1S/C20H20N2O4S/c1-12-7-8-17(26-2)15(9-12)22-20(25)19(24)21-10-16(23)14-11-27-18-6-4-3-5-13(14)18/h3-9,11,16,23H,10H2,1-2H3,(H,21,24)(H,22,25). The highest BCUT2D eigenvalue weighted by Gasteiger charge is 2.19. The van der Waals surface area contributed by atoms with Crippen LogP contribution in [-0.2, 0) is 9.59 Å². The van der Waals surface area contributed by atoms with E-state index in [0.717, 1.165) is 21.2 Å². The molecule has 1 aromatic heterocycles. The van der Waals surface area contributed by atoms with Gasteiger partial charge in [0.1, 0.15) is 5.75 Å². The summed E-state index contributed by atoms with van der Waals surface area (Å²) in [5.74, 6) is -1.18. The lowest BCUT2D eigenvalue weighted by Crippen LogP contribution is -2.37. The van der Waals surface area contributed by atoms with E-state index in [1.54, 1.807) is 12.1 Å². The van der Waals surface area contributed by atoms with Crippen LogP contribution in [0.1, 0.15) is 17.2 Å². The molecule has 0 aliphatic rings. The first-order valence-corrected chi connectivity index (χ1v) is 9.25. The van der Waals surface area contributed by atoms with Gasteiger partial charge in [0.15, 0.2) is 0 Å². The van der Waals surface area contributed by atoms with Crippen molar-refractivity contribution in [1.29, 1.82) is 0 Å². The second-order valence-electron chi connectivity index (χ2n) is 6.07. The van der Waals surface area contributed by atoms with Crippen LogP contribution < -0.4 is 15.4 Å². The monoisotopic (exact) mass is 384 g/mol. The Morgan fingerprint density at radius 1 is 1.19 bits per heavy atom. The molecular weight excluding hydrogens is 364 g/mol. The molecule has 7 heteroatoms. The van der Waals surface area contributed by atoms with Crippen molar-refractivity contribution in [2.75, 3.05) is 19.0 Å². The molecule has 0 saturated heterocycles. The van der Waals surface area contributed by atoms with Gasteiger partial charge in [0.2, 0.25) is 0 Å². The highest BCUT2D eigenvalue weighted by atomic mass is 32.1. The average Bonchev–Trinajstić information content (AvgIpc) is 3.10. The van der Waals surface area contributed by atoms with Gasteiger partial charge in [0, 0.05) is 16.8 Å². The van der Waals surface area contributed by atoms with Gasteiger partial charge in [0.25, 0.3) is 0 Å². The summed E-state index contributed by atoms with van der Waals surface area (Å²) in [4.78, 5) is 24.2. The molecule has 6 nitrogen and oxygen atoms in total. The van der Waals surface area contributed by atoms with Gasteiger partial charge in [-0.25, -0.2) is 0 Å². The van der Waals surface area contributed by atoms with Gasteiger partial charge >= 0.3 is 11.8 Å². The van der Waals surface area contributed by atoms with Crippen LogP contribution in [0, 0.1) is 6.92 Å². The lowest BCUT2D eigenvalue weighted by molar-refractivity contribution is -0.136. The Morgan fingerprint density at radius 2 is 1.96 bits per heavy atom. The minimum atomic E-state index is -0.897. The summed E-state index contributed by atoms with van der Waals surface area (Å²) in [6, 6.07) is 13.0. The zero-order valence-electron chi connectivity index (χ0n) is 15.0. The van der Waals surface area contributed by atoms with Crippen molar-refractivity contribution in [3.63, 3.8) is 0 Å². The van der Waals surface area contributed by atoms with E-state index >= 15 is 0 Å². The number of benzene rings is 2. The number of nitrogens with one attached hydrogen (secondary N) is 2. The molecule has 0 aliphatic carbocycles. The largest absolute Gasteiger partial charge is 0.495 e. The summed E-state index contributed by atoms with van der Waals surface area (Å²) in [5, 5.41) is 18.2. The zero-order chi connectivity index (χ0) is 19.4. The first-order chi connectivity index (χ1) is 13.0. The van der Waals surface area contributed by atoms with Gasteiger partial charge in [-0.2, -0.15) is 0 Å². The van der Waals surface area contributed by atoms with Crippen LogP contribution in [-0.4, -0.2) is 30.6 Å². The Hall–Kier alpha value is -2.90. The van der Waals surface area contributed by atoms with Crippen molar-refractivity contribution >= 4 is 38.9 Å². The van der Waals surface area contributed by atoms with Crippen molar-refractivity contribution < 1.29 is 19.4 Å². The lowest BCUT2D eigenvalue weighted by Gasteiger charge is -2.13. The number of anilines is 1. The molecule has 0 aliphatic heterocycles. The second-order valence-corrected chi connectivity index (χ2v) is 6.98. The van der Waals surface area contributed by atoms with Crippen molar-refractivity contribution in [1.82, 2.24) is 5.32 Å². The lowest BCUT2D eigenvalue weighted by atomic mass is 10.1. The minimum Gasteiger partial charge on any atom is -0.495 e. The number of hydrogen-bond donors (Lipinski definition) is 3. The maximum absolute atomic E-state index is 12.1. The molecule has 0 bridgehead atoms. The van der Waals surface area contributed by atoms with Crippen molar-refractivity contribution in [3.8, 4) is 5.75 Å². The highest BCUT2D eigenvalue weighted by molar-refractivity contribution is 7.17. The van der Waals surface area contributed by atoms with E-state index in [4.69, 9.17) is 4.74 Å². The van der Waals surface area contributed by atoms with Gasteiger partial charge in [-0.3, -0.25) is 9.59 Å². The summed E-state index contributed by atoms with van der Waals surface area (Å²) in [6.45, 7) is 1.81. The molecule has 3 aromatic rings. The van der Waals surface area contributed by atoms with Gasteiger partial charge in [0.05, 0.1) is 18.9 Å². The Bertz CT molecular complexity index is 983. The quantitative estimate of drug-likeness (QED) is 0.590. The van der Waals surface area contributed by atoms with Crippen molar-refractivity contribution in [3.05, 3.63) is 59.0 Å². The number of aliphatic hydroxyl groups is 1. The Balaban J connectivity index is 1.62. The molecule has 0 fully saturated rings. The minimum absolute atomic E-state index is 0.0576. The van der Waals surface area contributed by atoms with E-state index in [0.29, 0.717) is 11.4 Å². The molecule has 2 amide bonds. The van der Waals surface area contributed by atoms with E-state index in [1.807, 2.05) is 42.6 Å². The topological polar surface area (TPSA) is 87.7 Å². The number of ether oxygens (including phenoxy) is 1. The molecule has 27 heavy (non-hydrogen) atoms. The molecule has 0 spiro atoms. The molecule has 0 saturated carbocycles. The Morgan fingerprint density at radius 3 is 2.74 bits per heavy atom. The predicted octanol–water partition coefficient (Wildman–Crippen LogP) is 3.01. The number of amides is 2. The van der Waals surface area contributed by atoms with Crippen LogP contribution in [0.5, 0.6) is 5.75 Å². The normalized spacial score (nSPS) is 11.8. The molecular formula is C20H20N2O4S. The fourth-order valence-corrected chi connectivity index (χ4v) is 3.74. The van der Waals surface area contributed by atoms with Gasteiger partial charge in [-0.1, -0.05) is 24.3 Å². The Labute approximate surface area is 160 Å². The van der Waals surface area contributed by atoms with Gasteiger partial charge in [-0.15, -0.1) is 11.3 Å². The first-order valence-electron chi connectivity index (χ1n) is 8.37. The van der Waals surface area contributed by atoms with Crippen molar-refractivity contribution in [2.45, 2.75) is 13.0 Å². The maximum Gasteiger partial charge on any atom is 0.313 e. The number of hydrogen-bond acceptors (Lipinski definition) is 5. The molecule has 3 N–H and O–H groups in total. The summed E-state index contributed by atoms with van der Waals surface area (Å²) in [6.07, 6.45) is -0.897. The Kier molecular flexibility index (Phi) is 5.73. The molecule has 140 valence electrons. The van der Waals surface area contributed by atoms with Crippen LogP contribution in [0.2, 0.25) is 0 Å². The summed E-state index contributed by atoms with van der Waals surface area (Å²) < 4.78 is 6.24. The number of aliphatic hydroxyl groups excluding tert-OH is 1. The smallest absolute Gasteiger partial charge is 0.313 e. The fraction of sp³-hybridized carbons (Fsp3) is 0.200. The van der Waals surface area contributed by atoms with Gasteiger partial charge in [-0.05, 0) is 41.5 Å². The van der Waals surface area contributed by atoms with Crippen LogP contribution >= 0.6 is 11.3 Å². The molecule has 1 unspecified atom stereocenters. The molecule has 2 aromatic carbocycles. The number of aryl methyl sites for hydroxylation is 1. The zero-order valence-corrected chi connectivity index (χ0v) is 15.8. The van der Waals surface area contributed by atoms with E-state index in [9.17, 15) is 14.7 Å². The van der Waals surface area contributed by atoms with Crippen LogP contribution in [0.4, 0.5) is 5.69 Å². The number of fused-ring (bicyclic) bond motifs is 1. The molecule has 1 atom stereocenters. The number of rotatable bonds is 5. The average molecular weight is 384 g/mol. The highest BCUT2D eigenvalue weighted by Crippen LogP contribution is 2.30. The third-order valence-corrected chi connectivity index (χ3v) is 5.12. The van der Waals surface area contributed by atoms with E-state index in [-0.39, 0.29) is 6.54 Å². The molecule has 0 radical (unpaired) electrons. The molecule has 1 heterocycles. The third-order valence-electron chi connectivity index (χ3n) is 4.14. The summed E-state index contributed by atoms with van der Waals surface area (Å²) in [7, 11) is 1.49. The number of carbonyl (C=O) groups is 2. The van der Waals surface area contributed by atoms with Crippen LogP contribution in [0.3, 0.4) is 0 Å². The second kappa shape index (κ2) is 8.20. The van der Waals surface area contributed by atoms with E-state index < -0.39 is 17.9 Å². The van der Waals surface area contributed by atoms with Crippen LogP contribution in [0.25, 0.3) is 10.1 Å². The fourth-order valence-electron chi connectivity index (χ4n) is 2.73. The first kappa shape index (κ1) is 18.9. The van der Waals surface area contributed by atoms with Crippen molar-refractivity contribution in [2.24, 2.45) is 0 Å². The predicted molar refractivity (Wildman–Crippen MR) is 106 cm³/mol. The van der Waals surface area contributed by atoms with E-state index in [2.05, 4.69) is 10.6 Å². The van der Waals surface area contributed by atoms with Crippen LogP contribution in [0.15, 0.2) is 47.8 Å². The molecule has 3 rings (SSSR count). The number of thiophene rings is 1. The van der Waals surface area contributed by atoms with E-state index in [1.165, 1.54) is 18.4 Å². The number of methoxy groups -OCH3 is 1. The third kappa shape index (κ3) is 4.27. The SMILES string of the molecule is COc1ccc(C)cc1NC(=O)C(=O)NCC(O)c1csc2ccccc12. The maximum atomic E-state index is 12.1. The number of carbonyl (C=O) groups excluding carboxylic acids is 2.